The average Bonchev–Trinajstić information content (AvgIpc) is 2.44. The van der Waals surface area contributed by atoms with Gasteiger partial charge in [0.25, 0.3) is 15.0 Å². The number of benzene rings is 1. The second-order valence-electron chi connectivity index (χ2n) is 5.00. The van der Waals surface area contributed by atoms with Crippen LogP contribution in [0.15, 0.2) is 23.1 Å². The third kappa shape index (κ3) is 4.61. The Hall–Kier alpha value is -1.27. The molecule has 0 N–H and O–H groups in total. The van der Waals surface area contributed by atoms with Crippen molar-refractivity contribution >= 4 is 25.6 Å². The summed E-state index contributed by atoms with van der Waals surface area (Å²) < 4.78 is 28.0. The summed E-state index contributed by atoms with van der Waals surface area (Å²) in [7, 11) is 4.43. The maximum absolute atomic E-state index is 12.3. The molecular formula is C14H20ClNO4S. The van der Waals surface area contributed by atoms with Gasteiger partial charge in [0.2, 0.25) is 0 Å². The molecule has 1 aromatic carbocycles. The van der Waals surface area contributed by atoms with E-state index in [0.717, 1.165) is 6.42 Å². The maximum Gasteiger partial charge on any atom is 0.265 e. The molecule has 118 valence electrons. The Balaban J connectivity index is 3.12. The molecule has 5 nitrogen and oxygen atoms in total. The van der Waals surface area contributed by atoms with Crippen molar-refractivity contribution in [2.75, 3.05) is 20.7 Å². The molecule has 1 amide bonds. The summed E-state index contributed by atoms with van der Waals surface area (Å²) in [6, 6.07) is 4.20. The molecule has 0 aliphatic heterocycles. The van der Waals surface area contributed by atoms with Crippen molar-refractivity contribution in [1.29, 1.82) is 0 Å². The van der Waals surface area contributed by atoms with Gasteiger partial charge in [0, 0.05) is 29.8 Å². The van der Waals surface area contributed by atoms with Crippen LogP contribution >= 0.6 is 10.7 Å². The minimum Gasteiger partial charge on any atom is -0.495 e. The molecular weight excluding hydrogens is 314 g/mol. The Bertz CT molecular complexity index is 615. The number of nitrogens with zero attached hydrogens (tertiary/aromatic N) is 1. The minimum absolute atomic E-state index is 0.117. The number of carbonyl (C=O) groups excluding carboxylic acids is 1. The van der Waals surface area contributed by atoms with Gasteiger partial charge in [-0.25, -0.2) is 8.42 Å². The van der Waals surface area contributed by atoms with Crippen LogP contribution in [-0.4, -0.2) is 39.9 Å². The lowest BCUT2D eigenvalue weighted by Crippen LogP contribution is -2.31. The summed E-state index contributed by atoms with van der Waals surface area (Å²) in [5.41, 5.74) is 0.265. The second kappa shape index (κ2) is 7.13. The fraction of sp³-hybridized carbons (Fsp3) is 0.500. The number of amides is 1. The molecule has 0 spiro atoms. The molecule has 0 aliphatic rings. The predicted octanol–water partition coefficient (Wildman–Crippen LogP) is 2.74. The van der Waals surface area contributed by atoms with Crippen LogP contribution in [0.4, 0.5) is 0 Å². The van der Waals surface area contributed by atoms with Crippen LogP contribution in [0.5, 0.6) is 5.75 Å². The Morgan fingerprint density at radius 1 is 1.43 bits per heavy atom. The zero-order valence-corrected chi connectivity index (χ0v) is 14.2. The van der Waals surface area contributed by atoms with Crippen molar-refractivity contribution in [3.8, 4) is 5.75 Å². The van der Waals surface area contributed by atoms with Gasteiger partial charge >= 0.3 is 0 Å². The highest BCUT2D eigenvalue weighted by atomic mass is 35.7. The molecule has 0 aromatic heterocycles. The molecule has 0 bridgehead atoms. The van der Waals surface area contributed by atoms with E-state index in [1.807, 2.05) is 6.92 Å². The lowest BCUT2D eigenvalue weighted by atomic mass is 10.1. The van der Waals surface area contributed by atoms with Crippen LogP contribution in [0, 0.1) is 5.92 Å². The van der Waals surface area contributed by atoms with Gasteiger partial charge in [0.05, 0.1) is 7.11 Å². The van der Waals surface area contributed by atoms with Gasteiger partial charge in [0.1, 0.15) is 10.6 Å². The van der Waals surface area contributed by atoms with Crippen LogP contribution in [0.2, 0.25) is 0 Å². The van der Waals surface area contributed by atoms with Gasteiger partial charge in [-0.05, 0) is 24.1 Å². The first-order valence-corrected chi connectivity index (χ1v) is 8.89. The molecule has 1 aromatic rings. The van der Waals surface area contributed by atoms with E-state index in [1.54, 1.807) is 11.9 Å². The third-order valence-corrected chi connectivity index (χ3v) is 4.65. The molecule has 0 aliphatic carbocycles. The first-order chi connectivity index (χ1) is 9.70. The van der Waals surface area contributed by atoms with Gasteiger partial charge in [0.15, 0.2) is 0 Å². The van der Waals surface area contributed by atoms with Crippen molar-refractivity contribution in [2.24, 2.45) is 5.92 Å². The van der Waals surface area contributed by atoms with E-state index in [-0.39, 0.29) is 22.1 Å². The standard InChI is InChI=1S/C14H20ClNO4S/c1-5-10(2)9-16(3)14(17)11-6-7-12(20-4)13(8-11)21(15,18)19/h6-8,10H,5,9H2,1-4H3. The van der Waals surface area contributed by atoms with E-state index in [0.29, 0.717) is 12.5 Å². The van der Waals surface area contributed by atoms with Gasteiger partial charge in [-0.2, -0.15) is 0 Å². The van der Waals surface area contributed by atoms with Crippen LogP contribution in [0.1, 0.15) is 30.6 Å². The van der Waals surface area contributed by atoms with E-state index < -0.39 is 9.05 Å². The van der Waals surface area contributed by atoms with Crippen LogP contribution in [0.25, 0.3) is 0 Å². The first-order valence-electron chi connectivity index (χ1n) is 6.58. The van der Waals surface area contributed by atoms with Crippen LogP contribution in [0.3, 0.4) is 0 Å². The highest BCUT2D eigenvalue weighted by molar-refractivity contribution is 8.13. The molecule has 7 heteroatoms. The van der Waals surface area contributed by atoms with E-state index >= 15 is 0 Å². The number of hydrogen-bond donors (Lipinski definition) is 0. The smallest absolute Gasteiger partial charge is 0.265 e. The fourth-order valence-corrected chi connectivity index (χ4v) is 2.92. The van der Waals surface area contributed by atoms with E-state index in [4.69, 9.17) is 15.4 Å². The summed E-state index contributed by atoms with van der Waals surface area (Å²) in [6.07, 6.45) is 0.960. The molecule has 0 fully saturated rings. The Morgan fingerprint density at radius 2 is 2.05 bits per heavy atom. The third-order valence-electron chi connectivity index (χ3n) is 3.30. The topological polar surface area (TPSA) is 63.7 Å². The second-order valence-corrected chi connectivity index (χ2v) is 7.54. The molecule has 0 saturated carbocycles. The summed E-state index contributed by atoms with van der Waals surface area (Å²) >= 11 is 0. The van der Waals surface area contributed by atoms with Gasteiger partial charge in [-0.15, -0.1) is 0 Å². The lowest BCUT2D eigenvalue weighted by Gasteiger charge is -2.21. The molecule has 0 heterocycles. The SMILES string of the molecule is CCC(C)CN(C)C(=O)c1ccc(OC)c(S(=O)(=O)Cl)c1. The molecule has 1 unspecified atom stereocenters. The Morgan fingerprint density at radius 3 is 2.52 bits per heavy atom. The summed E-state index contributed by atoms with van der Waals surface area (Å²) in [6.45, 7) is 4.70. The van der Waals surface area contributed by atoms with Gasteiger partial charge < -0.3 is 9.64 Å². The molecule has 1 rings (SSSR count). The van der Waals surface area contributed by atoms with Crippen molar-refractivity contribution < 1.29 is 17.9 Å². The number of ether oxygens (including phenoxy) is 1. The minimum atomic E-state index is -3.98. The molecule has 21 heavy (non-hydrogen) atoms. The lowest BCUT2D eigenvalue weighted by molar-refractivity contribution is 0.0774. The van der Waals surface area contributed by atoms with E-state index in [9.17, 15) is 13.2 Å². The Labute approximate surface area is 130 Å². The zero-order valence-electron chi connectivity index (χ0n) is 12.6. The maximum atomic E-state index is 12.3. The average molecular weight is 334 g/mol. The molecule has 1 atom stereocenters. The van der Waals surface area contributed by atoms with Crippen molar-refractivity contribution in [1.82, 2.24) is 4.90 Å². The summed E-state index contributed by atoms with van der Waals surface area (Å²) in [5, 5.41) is 0. The van der Waals surface area contributed by atoms with Gasteiger partial charge in [-0.3, -0.25) is 4.79 Å². The highest BCUT2D eigenvalue weighted by Gasteiger charge is 2.21. The summed E-state index contributed by atoms with van der Waals surface area (Å²) in [4.78, 5) is 13.7. The quantitative estimate of drug-likeness (QED) is 0.751. The fourth-order valence-electron chi connectivity index (χ4n) is 1.90. The van der Waals surface area contributed by atoms with Crippen molar-refractivity contribution in [3.05, 3.63) is 23.8 Å². The molecule has 0 saturated heterocycles. The largest absolute Gasteiger partial charge is 0.495 e. The number of rotatable bonds is 6. The monoisotopic (exact) mass is 333 g/mol. The van der Waals surface area contributed by atoms with Crippen molar-refractivity contribution in [2.45, 2.75) is 25.2 Å². The van der Waals surface area contributed by atoms with E-state index in [1.165, 1.54) is 25.3 Å². The number of halogens is 1. The number of hydrogen-bond acceptors (Lipinski definition) is 4. The van der Waals surface area contributed by atoms with Crippen molar-refractivity contribution in [3.63, 3.8) is 0 Å². The predicted molar refractivity (Wildman–Crippen MR) is 82.4 cm³/mol. The Kier molecular flexibility index (Phi) is 6.04. The van der Waals surface area contributed by atoms with Crippen LogP contribution in [-0.2, 0) is 9.05 Å². The zero-order chi connectivity index (χ0) is 16.2. The number of methoxy groups -OCH3 is 1. The summed E-state index contributed by atoms with van der Waals surface area (Å²) in [5.74, 6) is 0.235. The van der Waals surface area contributed by atoms with Crippen LogP contribution < -0.4 is 4.74 Å². The normalized spacial score (nSPS) is 12.8. The first kappa shape index (κ1) is 17.8. The molecule has 0 radical (unpaired) electrons. The number of carbonyl (C=O) groups is 1. The van der Waals surface area contributed by atoms with E-state index in [2.05, 4.69) is 6.92 Å². The van der Waals surface area contributed by atoms with Gasteiger partial charge in [-0.1, -0.05) is 20.3 Å². The highest BCUT2D eigenvalue weighted by Crippen LogP contribution is 2.28.